The molecule has 0 bridgehead atoms. The van der Waals surface area contributed by atoms with Crippen LogP contribution in [0.15, 0.2) is 158 Å². The van der Waals surface area contributed by atoms with Gasteiger partial charge >= 0.3 is 256 Å². The van der Waals surface area contributed by atoms with E-state index in [9.17, 15) is 0 Å². The standard InChI is InChI=1S/C43H38N4O.Pt/c1-43(2,3)34-24-25-44-41(28-34)48-38-21-12-20-37(30-38)47(36-19-11-18-35(29-36)46-27-26-45(4)31-46)42-39(32-14-7-5-8-15-32)22-13-23-40(42)33-16-9-6-10-17-33;/h5-30H,1-4H3;. The van der Waals surface area contributed by atoms with Crippen molar-refractivity contribution < 1.29 is 24.1 Å². The number of nitrogens with zero attached hydrogens (tertiary/aromatic N) is 4. The maximum atomic E-state index is 6.47. The Morgan fingerprint density at radius 3 is 1.88 bits per heavy atom. The Kier molecular flexibility index (Phi) is 9.03. The molecule has 0 atom stereocenters. The molecule has 49 heavy (non-hydrogen) atoms. The fourth-order valence-electron chi connectivity index (χ4n) is 6.05. The number of hydrogen-bond acceptors (Lipinski definition) is 3. The number of para-hydroxylation sites is 1. The van der Waals surface area contributed by atoms with Gasteiger partial charge in [-0.3, -0.25) is 0 Å². The van der Waals surface area contributed by atoms with Crippen molar-refractivity contribution in [3.63, 3.8) is 0 Å². The second-order valence-corrected chi connectivity index (χ2v) is 14.1. The fraction of sp³-hybridized carbons (Fsp3) is 0.116. The van der Waals surface area contributed by atoms with E-state index in [1.807, 2.05) is 18.3 Å². The van der Waals surface area contributed by atoms with Gasteiger partial charge in [0.2, 0.25) is 0 Å². The van der Waals surface area contributed by atoms with Gasteiger partial charge in [0.15, 0.2) is 0 Å². The van der Waals surface area contributed by atoms with Gasteiger partial charge in [-0.15, -0.1) is 0 Å². The summed E-state index contributed by atoms with van der Waals surface area (Å²) in [6.07, 6.45) is 6.00. The molecule has 246 valence electrons. The van der Waals surface area contributed by atoms with Gasteiger partial charge in [-0.1, -0.05) is 20.8 Å². The second-order valence-electron chi connectivity index (χ2n) is 13.0. The summed E-state index contributed by atoms with van der Waals surface area (Å²) in [5.41, 5.74) is 9.82. The van der Waals surface area contributed by atoms with Crippen LogP contribution >= 0.6 is 0 Å². The summed E-state index contributed by atoms with van der Waals surface area (Å²) >= 11 is 2.37. The molecule has 2 heterocycles. The average molecular weight is 822 g/mol. The van der Waals surface area contributed by atoms with Gasteiger partial charge in [0.1, 0.15) is 0 Å². The first-order chi connectivity index (χ1) is 23.8. The van der Waals surface area contributed by atoms with Crippen LogP contribution in [0.3, 0.4) is 0 Å². The van der Waals surface area contributed by atoms with Crippen LogP contribution in [-0.4, -0.2) is 14.1 Å². The molecular weight excluding hydrogens is 784 g/mol. The van der Waals surface area contributed by atoms with Crippen molar-refractivity contribution in [3.8, 4) is 39.6 Å². The predicted octanol–water partition coefficient (Wildman–Crippen LogP) is 11.2. The minimum atomic E-state index is -0.0195. The number of rotatable bonds is 8. The monoisotopic (exact) mass is 821 g/mol. The van der Waals surface area contributed by atoms with Gasteiger partial charge in [0.05, 0.1) is 0 Å². The first-order valence-electron chi connectivity index (χ1n) is 16.3. The summed E-state index contributed by atoms with van der Waals surface area (Å²) in [5, 5.41) is 0. The van der Waals surface area contributed by atoms with Crippen molar-refractivity contribution in [2.75, 3.05) is 4.90 Å². The first-order valence-corrected chi connectivity index (χ1v) is 17.5. The number of aromatic nitrogens is 3. The molecule has 0 aliphatic rings. The van der Waals surface area contributed by atoms with Crippen LogP contribution in [0.5, 0.6) is 11.6 Å². The number of aryl methyl sites for hydroxylation is 1. The fourth-order valence-corrected chi connectivity index (χ4v) is 6.68. The quantitative estimate of drug-likeness (QED) is 0.153. The number of hydrogen-bond donors (Lipinski definition) is 0. The van der Waals surface area contributed by atoms with Gasteiger partial charge in [0.25, 0.3) is 0 Å². The SMILES string of the molecule is Cn1ccn(-c2cccc(N(c3cccc(Oc4cc(C(C)(C)C)ccn4)c3)c3c(-c4ccccc4)cccc3-c3ccccc3)c2)[c]1=[Pt]. The Bertz CT molecular complexity index is 2230. The van der Waals surface area contributed by atoms with E-state index in [4.69, 9.17) is 4.74 Å². The molecule has 0 radical (unpaired) electrons. The molecule has 0 unspecified atom stereocenters. The van der Waals surface area contributed by atoms with Crippen LogP contribution in [0.2, 0.25) is 0 Å². The molecule has 0 saturated heterocycles. The van der Waals surface area contributed by atoms with Crippen molar-refractivity contribution in [1.29, 1.82) is 0 Å². The Morgan fingerprint density at radius 2 is 1.27 bits per heavy atom. The summed E-state index contributed by atoms with van der Waals surface area (Å²) in [5.74, 6) is 1.28. The molecular formula is C43H38N4OPt. The van der Waals surface area contributed by atoms with Crippen LogP contribution < -0.4 is 9.64 Å². The summed E-state index contributed by atoms with van der Waals surface area (Å²) in [6.45, 7) is 6.59. The summed E-state index contributed by atoms with van der Waals surface area (Å²) in [7, 11) is 2.06. The van der Waals surface area contributed by atoms with Crippen LogP contribution in [0, 0.1) is 3.80 Å². The Morgan fingerprint density at radius 1 is 0.653 bits per heavy atom. The van der Waals surface area contributed by atoms with Gasteiger partial charge in [-0.25, -0.2) is 0 Å². The van der Waals surface area contributed by atoms with Gasteiger partial charge < -0.3 is 0 Å². The van der Waals surface area contributed by atoms with Crippen LogP contribution in [0.25, 0.3) is 27.9 Å². The van der Waals surface area contributed by atoms with E-state index in [1.165, 1.54) is 5.56 Å². The summed E-state index contributed by atoms with van der Waals surface area (Å²) in [4.78, 5) is 6.92. The Labute approximate surface area is 299 Å². The van der Waals surface area contributed by atoms with E-state index in [0.29, 0.717) is 11.6 Å². The number of benzene rings is 5. The van der Waals surface area contributed by atoms with E-state index in [-0.39, 0.29) is 5.41 Å². The summed E-state index contributed by atoms with van der Waals surface area (Å²) < 4.78 is 11.9. The molecule has 5 aromatic carbocycles. The maximum absolute atomic E-state index is 6.47. The minimum absolute atomic E-state index is 0.0195. The van der Waals surface area contributed by atoms with Crippen molar-refractivity contribution in [1.82, 2.24) is 14.1 Å². The second kappa shape index (κ2) is 13.7. The number of anilines is 3. The average Bonchev–Trinajstić information content (AvgIpc) is 3.46. The number of pyridine rings is 1. The first kappa shape index (κ1) is 32.3. The molecule has 0 N–H and O–H groups in total. The molecule has 7 rings (SSSR count). The third-order valence-electron chi connectivity index (χ3n) is 8.59. The third-order valence-corrected chi connectivity index (χ3v) is 9.94. The van der Waals surface area contributed by atoms with Crippen LogP contribution in [-0.2, 0) is 31.8 Å². The van der Waals surface area contributed by atoms with E-state index in [0.717, 1.165) is 48.8 Å². The van der Waals surface area contributed by atoms with Crippen molar-refractivity contribution in [2.24, 2.45) is 7.05 Å². The molecule has 6 heteroatoms. The molecule has 5 nitrogen and oxygen atoms in total. The number of imidazole rings is 1. The van der Waals surface area contributed by atoms with Crippen LogP contribution in [0.4, 0.5) is 17.1 Å². The van der Waals surface area contributed by atoms with Crippen molar-refractivity contribution in [2.45, 2.75) is 26.2 Å². The van der Waals surface area contributed by atoms with E-state index in [2.05, 4.69) is 206 Å². The Balaban J connectivity index is 1.46. The zero-order chi connectivity index (χ0) is 34.0. The van der Waals surface area contributed by atoms with E-state index in [1.54, 1.807) is 0 Å². The van der Waals surface area contributed by atoms with Gasteiger partial charge in [-0.2, -0.15) is 0 Å². The molecule has 0 aliphatic carbocycles. The van der Waals surface area contributed by atoms with Crippen molar-refractivity contribution >= 4 is 17.1 Å². The van der Waals surface area contributed by atoms with Crippen molar-refractivity contribution in [3.05, 3.63) is 167 Å². The van der Waals surface area contributed by atoms with Gasteiger partial charge in [-0.05, 0) is 17.0 Å². The molecule has 0 spiro atoms. The van der Waals surface area contributed by atoms with E-state index >= 15 is 0 Å². The molecule has 0 amide bonds. The Hall–Kier alpha value is -5.25. The number of ether oxygens (including phenoxy) is 1. The molecule has 2 aromatic heterocycles. The zero-order valence-corrected chi connectivity index (χ0v) is 30.3. The van der Waals surface area contributed by atoms with Crippen LogP contribution in [0.1, 0.15) is 26.3 Å². The molecule has 0 fully saturated rings. The molecule has 0 saturated carbocycles. The summed E-state index contributed by atoms with van der Waals surface area (Å²) in [6, 6.07) is 48.9. The topological polar surface area (TPSA) is 35.2 Å². The zero-order valence-electron chi connectivity index (χ0n) is 28.0. The van der Waals surface area contributed by atoms with Gasteiger partial charge in [0, 0.05) is 6.20 Å². The molecule has 7 aromatic rings. The predicted molar refractivity (Wildman–Crippen MR) is 197 cm³/mol. The normalized spacial score (nSPS) is 11.4. The third kappa shape index (κ3) is 6.86. The van der Waals surface area contributed by atoms with E-state index < -0.39 is 0 Å². The molecule has 0 aliphatic heterocycles.